The van der Waals surface area contributed by atoms with Gasteiger partial charge >= 0.3 is 0 Å². The molecule has 3 aliphatic rings. The molecular weight excluding hydrogens is 1020 g/mol. The Morgan fingerprint density at radius 2 is 1.06 bits per heavy atom. The fourth-order valence-corrected chi connectivity index (χ4v) is 8.73. The minimum atomic E-state index is -1.52. The monoisotopic (exact) mass is 1120 g/mol. The first-order chi connectivity index (χ1) is 36.5. The maximum absolute atomic E-state index is 12.5. The van der Waals surface area contributed by atoms with E-state index in [9.17, 15) is 34.5 Å². The van der Waals surface area contributed by atoms with Crippen molar-refractivity contribution in [2.24, 2.45) is 77.5 Å². The van der Waals surface area contributed by atoms with Crippen molar-refractivity contribution in [3.8, 4) is 0 Å². The SMILES string of the molecule is C.CC(=O)C(N)CCCN=C(N)N.CNC1C(O)C(OC2C(NN[C@@H](C=O)CCCN=C(N)N)CC(NN[C@@H](C=O)CCCN=C(N)N)C(OC3OC(C(C)C)CCC3NN[C@@H](C=O)CCCN=C(N)N)C2O)OCC1(C)O. The first-order valence-corrected chi connectivity index (χ1v) is 26.2. The van der Waals surface area contributed by atoms with E-state index in [0.29, 0.717) is 77.4 Å². The van der Waals surface area contributed by atoms with Gasteiger partial charge < -0.3 is 106 Å². The molecule has 1 aliphatic carbocycles. The molecule has 0 aromatic carbocycles. The number of guanidine groups is 4. The van der Waals surface area contributed by atoms with Crippen molar-refractivity contribution in [1.82, 2.24) is 37.9 Å². The summed E-state index contributed by atoms with van der Waals surface area (Å²) in [5, 5.41) is 37.9. The highest BCUT2D eigenvalue weighted by Gasteiger charge is 2.52. The Kier molecular flexibility index (Phi) is 34.6. The summed E-state index contributed by atoms with van der Waals surface area (Å²) in [7, 11) is 1.58. The summed E-state index contributed by atoms with van der Waals surface area (Å²) in [4.78, 5) is 63.0. The minimum Gasteiger partial charge on any atom is -0.388 e. The van der Waals surface area contributed by atoms with Crippen LogP contribution in [0.3, 0.4) is 0 Å². The number of hydrogen-bond acceptors (Lipinski definition) is 23. The highest BCUT2D eigenvalue weighted by molar-refractivity contribution is 5.81. The molecule has 2 aliphatic heterocycles. The zero-order valence-electron chi connectivity index (χ0n) is 45.4. The molecule has 2 heterocycles. The van der Waals surface area contributed by atoms with Crippen LogP contribution < -0.4 is 89.5 Å². The molecule has 1 saturated carbocycles. The van der Waals surface area contributed by atoms with Crippen LogP contribution >= 0.6 is 0 Å². The third kappa shape index (κ3) is 26.4. The number of aldehydes is 3. The number of hydrogen-bond donors (Lipinski definition) is 19. The number of nitrogens with zero attached hydrogens (tertiary/aromatic N) is 4. The van der Waals surface area contributed by atoms with Gasteiger partial charge in [-0.05, 0) is 97.4 Å². The molecule has 31 nitrogen and oxygen atoms in total. The Labute approximate surface area is 458 Å². The van der Waals surface area contributed by atoms with Gasteiger partial charge in [-0.3, -0.25) is 35.6 Å². The predicted molar refractivity (Wildman–Crippen MR) is 297 cm³/mol. The lowest BCUT2D eigenvalue weighted by atomic mass is 9.83. The largest absolute Gasteiger partial charge is 0.388 e. The lowest BCUT2D eigenvalue weighted by Crippen LogP contribution is -2.71. The molecule has 0 amide bonds. The van der Waals surface area contributed by atoms with Crippen molar-refractivity contribution in [3.63, 3.8) is 0 Å². The fraction of sp³-hybridized carbons (Fsp3) is 0.830. The second-order valence-electron chi connectivity index (χ2n) is 20.0. The molecule has 31 heteroatoms. The summed E-state index contributed by atoms with van der Waals surface area (Å²) in [6.07, 6.45) is -0.355. The van der Waals surface area contributed by atoms with E-state index in [0.717, 1.165) is 25.3 Å². The third-order valence-electron chi connectivity index (χ3n) is 13.1. The van der Waals surface area contributed by atoms with Gasteiger partial charge in [0.2, 0.25) is 0 Å². The molecule has 0 aromatic heterocycles. The van der Waals surface area contributed by atoms with E-state index in [2.05, 4.69) is 57.8 Å². The van der Waals surface area contributed by atoms with E-state index in [1.54, 1.807) is 7.05 Å². The number of aliphatic imine (C=N–C) groups is 4. The van der Waals surface area contributed by atoms with E-state index in [1.807, 2.05) is 13.8 Å². The van der Waals surface area contributed by atoms with Gasteiger partial charge in [0.05, 0.1) is 61.0 Å². The molecule has 78 heavy (non-hydrogen) atoms. The molecule has 28 N–H and O–H groups in total. The lowest BCUT2D eigenvalue weighted by Gasteiger charge is -2.50. The standard InChI is InChI=1S/C39H78N16O10.C7H16N4O.CH4/c1-21(2)28-12-11-25(53-50-22(17-56)8-5-13-47-36(40)41)34(63-28)64-31-26(54-51-23(18-57)9-6-14-48-37(42)43)16-27(55-52-24(19-58)10-7-15-49-38(44)45)32(29(31)59)65-35-30(60)33(46-4)39(3,61)20-62-35;1-5(12)6(8)3-2-4-11-7(9)10;/h17-19,21-35,46,50-55,59-61H,5-16,20H2,1-4H3,(H4,40,41,47)(H4,42,43,48)(H4,44,45,49);6H,2-4,8H2,1H3,(H4,9,10,11);1H4/t22-,23-,24-,25?,26?,27?,28?,29?,30?,31?,32?,33?,34?,35?,39?;;/m1../s1. The fourth-order valence-electron chi connectivity index (χ4n) is 8.73. The van der Waals surface area contributed by atoms with Crippen LogP contribution in [-0.4, -0.2) is 201 Å². The number of rotatable bonds is 35. The van der Waals surface area contributed by atoms with Crippen LogP contribution in [0, 0.1) is 5.92 Å². The predicted octanol–water partition coefficient (Wildman–Crippen LogP) is -6.42. The molecule has 3 rings (SSSR count). The van der Waals surface area contributed by atoms with Crippen molar-refractivity contribution in [2.45, 2.75) is 203 Å². The summed E-state index contributed by atoms with van der Waals surface area (Å²) in [5.74, 6) is -0.0158. The van der Waals surface area contributed by atoms with Gasteiger partial charge in [0.1, 0.15) is 54.7 Å². The molecule has 3 fully saturated rings. The quantitative estimate of drug-likeness (QED) is 0.00922. The molecule has 0 aromatic rings. The molecule has 2 saturated heterocycles. The van der Waals surface area contributed by atoms with Crippen LogP contribution in [0.5, 0.6) is 0 Å². The van der Waals surface area contributed by atoms with Gasteiger partial charge in [0, 0.05) is 26.2 Å². The average molecular weight is 1120 g/mol. The molecule has 0 spiro atoms. The maximum atomic E-state index is 12.5. The van der Waals surface area contributed by atoms with E-state index in [-0.39, 0.29) is 74.7 Å². The second-order valence-corrected chi connectivity index (χ2v) is 20.0. The first-order valence-electron chi connectivity index (χ1n) is 26.2. The average Bonchev–Trinajstić information content (AvgIpc) is 3.37. The number of Topliss-reactive ketones (excluding diaryl/α,β-unsaturated/α-hetero) is 1. The zero-order chi connectivity index (χ0) is 57.7. The van der Waals surface area contributed by atoms with Gasteiger partial charge in [-0.2, -0.15) is 0 Å². The highest BCUT2D eigenvalue weighted by Crippen LogP contribution is 2.34. The number of aliphatic hydroxyl groups excluding tert-OH is 2. The van der Waals surface area contributed by atoms with E-state index in [4.69, 9.17) is 70.6 Å². The number of ether oxygens (including phenoxy) is 4. The molecule has 13 unspecified atom stereocenters. The van der Waals surface area contributed by atoms with Crippen LogP contribution in [0.15, 0.2) is 20.0 Å². The smallest absolute Gasteiger partial charge is 0.185 e. The van der Waals surface area contributed by atoms with Crippen LogP contribution in [0.25, 0.3) is 0 Å². The first kappa shape index (κ1) is 71.2. The number of nitrogens with two attached hydrogens (primary N) is 9. The summed E-state index contributed by atoms with van der Waals surface area (Å²) in [6.45, 7) is 8.28. The Morgan fingerprint density at radius 1 is 0.667 bits per heavy atom. The zero-order valence-corrected chi connectivity index (χ0v) is 45.4. The van der Waals surface area contributed by atoms with Crippen molar-refractivity contribution < 1.29 is 53.4 Å². The summed E-state index contributed by atoms with van der Waals surface area (Å²) >= 11 is 0. The van der Waals surface area contributed by atoms with Gasteiger partial charge in [0.15, 0.2) is 36.4 Å². The van der Waals surface area contributed by atoms with E-state index < -0.39 is 84.9 Å². The van der Waals surface area contributed by atoms with Gasteiger partial charge in [0.25, 0.3) is 0 Å². The van der Waals surface area contributed by atoms with Crippen LogP contribution in [0.2, 0.25) is 0 Å². The third-order valence-corrected chi connectivity index (χ3v) is 13.1. The summed E-state index contributed by atoms with van der Waals surface area (Å²) in [6, 6.07) is -5.46. The minimum absolute atomic E-state index is 0. The van der Waals surface area contributed by atoms with Crippen molar-refractivity contribution in [2.75, 3.05) is 39.8 Å². The van der Waals surface area contributed by atoms with Crippen LogP contribution in [-0.2, 0) is 38.1 Å². The number of carbonyl (C=O) groups is 4. The molecule has 452 valence electrons. The van der Waals surface area contributed by atoms with Crippen LogP contribution in [0.4, 0.5) is 0 Å². The van der Waals surface area contributed by atoms with Crippen molar-refractivity contribution in [1.29, 1.82) is 0 Å². The molecule has 16 atom stereocenters. The number of ketones is 1. The lowest BCUT2D eigenvalue weighted by molar-refractivity contribution is -0.311. The van der Waals surface area contributed by atoms with Gasteiger partial charge in [-0.1, -0.05) is 21.3 Å². The number of likely N-dealkylation sites (N-methyl/N-ethyl adjacent to an activating group) is 1. The highest BCUT2D eigenvalue weighted by atomic mass is 16.7. The van der Waals surface area contributed by atoms with E-state index >= 15 is 0 Å². The van der Waals surface area contributed by atoms with E-state index in [1.165, 1.54) is 13.8 Å². The Bertz CT molecular complexity index is 1840. The second kappa shape index (κ2) is 37.9. The Morgan fingerprint density at radius 3 is 1.44 bits per heavy atom. The normalized spacial score (nSPS) is 28.4. The molecule has 0 bridgehead atoms. The Hall–Kier alpha value is -4.84. The number of carbonyl (C=O) groups excluding carboxylic acids is 4. The van der Waals surface area contributed by atoms with Gasteiger partial charge in [-0.15, -0.1) is 0 Å². The molecule has 0 radical (unpaired) electrons. The topological polar surface area (TPSA) is 534 Å². The van der Waals surface area contributed by atoms with Crippen molar-refractivity contribution in [3.05, 3.63) is 0 Å². The Balaban J connectivity index is 0.00000207. The van der Waals surface area contributed by atoms with Crippen molar-refractivity contribution >= 4 is 48.5 Å². The number of nitrogens with one attached hydrogen (secondary N) is 7. The number of hydrazine groups is 3. The maximum Gasteiger partial charge on any atom is 0.185 e. The summed E-state index contributed by atoms with van der Waals surface area (Å²) < 4.78 is 25.7. The molecular formula is C47H98N20O11. The summed E-state index contributed by atoms with van der Waals surface area (Å²) in [5.41, 5.74) is 65.8. The number of aliphatic hydroxyl groups is 3. The van der Waals surface area contributed by atoms with Gasteiger partial charge in [-0.25, -0.2) is 21.7 Å². The van der Waals surface area contributed by atoms with Crippen LogP contribution in [0.1, 0.15) is 106 Å².